The second-order valence-electron chi connectivity index (χ2n) is 4.88. The zero-order valence-corrected chi connectivity index (χ0v) is 13.9. The number of rotatable bonds is 6. The van der Waals surface area contributed by atoms with Gasteiger partial charge >= 0.3 is 0 Å². The minimum absolute atomic E-state index is 0.00161. The Bertz CT molecular complexity index is 644. The molecular weight excluding hydrogens is 362 g/mol. The van der Waals surface area contributed by atoms with Gasteiger partial charge < -0.3 is 5.32 Å². The molecule has 0 amide bonds. The maximum atomic E-state index is 11.6. The summed E-state index contributed by atoms with van der Waals surface area (Å²) in [5, 5.41) is 14.0. The first-order valence-electron chi connectivity index (χ1n) is 6.49. The van der Waals surface area contributed by atoms with Crippen LogP contribution in [0.2, 0.25) is 0 Å². The van der Waals surface area contributed by atoms with E-state index in [1.807, 2.05) is 0 Å². The van der Waals surface area contributed by atoms with Crippen LogP contribution in [0.5, 0.6) is 0 Å². The molecule has 1 fully saturated rings. The Labute approximate surface area is 131 Å². The van der Waals surface area contributed by atoms with Crippen molar-refractivity contribution in [1.29, 1.82) is 0 Å². The van der Waals surface area contributed by atoms with E-state index in [0.29, 0.717) is 29.8 Å². The number of nitrogens with zero attached hydrogens (tertiary/aromatic N) is 2. The van der Waals surface area contributed by atoms with Crippen LogP contribution in [0.25, 0.3) is 0 Å². The van der Waals surface area contributed by atoms with E-state index < -0.39 is 14.9 Å². The molecule has 7 nitrogen and oxygen atoms in total. The van der Waals surface area contributed by atoms with E-state index in [9.17, 15) is 18.5 Å². The van der Waals surface area contributed by atoms with Crippen molar-refractivity contribution < 1.29 is 13.3 Å². The van der Waals surface area contributed by atoms with Crippen LogP contribution >= 0.6 is 15.9 Å². The molecule has 1 aliphatic rings. The smallest absolute Gasteiger partial charge is 0.293 e. The number of nitro groups is 1. The summed E-state index contributed by atoms with van der Waals surface area (Å²) in [6, 6.07) is 4.81. The van der Waals surface area contributed by atoms with E-state index in [0.717, 1.165) is 0 Å². The molecule has 0 unspecified atom stereocenters. The molecule has 0 atom stereocenters. The molecule has 2 rings (SSSR count). The summed E-state index contributed by atoms with van der Waals surface area (Å²) < 4.78 is 25.3. The van der Waals surface area contributed by atoms with Crippen LogP contribution in [-0.2, 0) is 10.0 Å². The Morgan fingerprint density at radius 2 is 2.14 bits per heavy atom. The summed E-state index contributed by atoms with van der Waals surface area (Å²) in [7, 11) is -3.11. The number of hydrogen-bond donors (Lipinski definition) is 1. The van der Waals surface area contributed by atoms with Gasteiger partial charge in [-0.25, -0.2) is 12.7 Å². The fourth-order valence-electron chi connectivity index (χ4n) is 2.12. The Balaban J connectivity index is 1.93. The number of nitro benzene ring substituents is 1. The molecule has 0 saturated carbocycles. The molecule has 1 N–H and O–H groups in total. The van der Waals surface area contributed by atoms with Crippen molar-refractivity contribution in [3.8, 4) is 0 Å². The second kappa shape index (κ2) is 6.29. The van der Waals surface area contributed by atoms with E-state index in [4.69, 9.17) is 0 Å². The third-order valence-corrected chi connectivity index (χ3v) is 5.73. The molecule has 9 heteroatoms. The molecule has 0 aromatic heterocycles. The van der Waals surface area contributed by atoms with Gasteiger partial charge in [-0.3, -0.25) is 10.1 Å². The average molecular weight is 378 g/mol. The van der Waals surface area contributed by atoms with Gasteiger partial charge in [0.05, 0.1) is 10.7 Å². The number of sulfonamides is 1. The van der Waals surface area contributed by atoms with E-state index >= 15 is 0 Å². The molecule has 1 aromatic rings. The lowest BCUT2D eigenvalue weighted by Crippen LogP contribution is -2.52. The van der Waals surface area contributed by atoms with Crippen molar-refractivity contribution in [2.75, 3.05) is 30.7 Å². The molecule has 1 aliphatic heterocycles. The average Bonchev–Trinajstić information content (AvgIpc) is 2.37. The van der Waals surface area contributed by atoms with Crippen LogP contribution in [-0.4, -0.2) is 43.0 Å². The van der Waals surface area contributed by atoms with Crippen molar-refractivity contribution in [1.82, 2.24) is 4.31 Å². The SMILES string of the molecule is CCS(=O)(=O)N1CC(CNc2ccc(Br)cc2[N+](=O)[O-])C1. The third kappa shape index (κ3) is 3.72. The van der Waals surface area contributed by atoms with Gasteiger partial charge in [-0.15, -0.1) is 0 Å². The first-order valence-corrected chi connectivity index (χ1v) is 8.89. The minimum atomic E-state index is -3.11. The lowest BCUT2D eigenvalue weighted by Gasteiger charge is -2.38. The molecule has 1 heterocycles. The summed E-state index contributed by atoms with van der Waals surface area (Å²) in [4.78, 5) is 10.5. The van der Waals surface area contributed by atoms with Crippen LogP contribution in [0, 0.1) is 16.0 Å². The van der Waals surface area contributed by atoms with Crippen molar-refractivity contribution in [3.63, 3.8) is 0 Å². The second-order valence-corrected chi connectivity index (χ2v) is 8.06. The molecule has 0 radical (unpaired) electrons. The van der Waals surface area contributed by atoms with Crippen LogP contribution < -0.4 is 5.32 Å². The maximum absolute atomic E-state index is 11.6. The molecule has 0 spiro atoms. The van der Waals surface area contributed by atoms with Gasteiger partial charge in [0.15, 0.2) is 0 Å². The van der Waals surface area contributed by atoms with Crippen molar-refractivity contribution in [3.05, 3.63) is 32.8 Å². The Kier molecular flexibility index (Phi) is 4.84. The number of halogens is 1. The highest BCUT2D eigenvalue weighted by Crippen LogP contribution is 2.29. The number of nitrogens with one attached hydrogen (secondary N) is 1. The monoisotopic (exact) mass is 377 g/mol. The predicted octanol–water partition coefficient (Wildman–Crippen LogP) is 2.05. The van der Waals surface area contributed by atoms with Crippen LogP contribution in [0.3, 0.4) is 0 Å². The Hall–Kier alpha value is -1.19. The van der Waals surface area contributed by atoms with Gasteiger partial charge in [-0.1, -0.05) is 15.9 Å². The highest BCUT2D eigenvalue weighted by atomic mass is 79.9. The van der Waals surface area contributed by atoms with Crippen LogP contribution in [0.15, 0.2) is 22.7 Å². The van der Waals surface area contributed by atoms with Gasteiger partial charge in [-0.05, 0) is 19.1 Å². The van der Waals surface area contributed by atoms with E-state index in [-0.39, 0.29) is 17.4 Å². The molecule has 1 saturated heterocycles. The quantitative estimate of drug-likeness (QED) is 0.604. The molecule has 116 valence electrons. The normalized spacial score (nSPS) is 16.5. The molecule has 1 aromatic carbocycles. The lowest BCUT2D eigenvalue weighted by atomic mass is 10.0. The summed E-state index contributed by atoms with van der Waals surface area (Å²) in [6.07, 6.45) is 0. The Morgan fingerprint density at radius 1 is 1.48 bits per heavy atom. The minimum Gasteiger partial charge on any atom is -0.379 e. The predicted molar refractivity (Wildman–Crippen MR) is 83.8 cm³/mol. The topological polar surface area (TPSA) is 92.6 Å². The molecule has 21 heavy (non-hydrogen) atoms. The molecule has 0 aliphatic carbocycles. The standard InChI is InChI=1S/C12H16BrN3O4S/c1-2-21(19,20)15-7-9(8-15)6-14-11-4-3-10(13)5-12(11)16(17)18/h3-5,9,14H,2,6-8H2,1H3. The molecular formula is C12H16BrN3O4S. The summed E-state index contributed by atoms with van der Waals surface area (Å²) in [5.74, 6) is 0.278. The molecule has 0 bridgehead atoms. The van der Waals surface area contributed by atoms with E-state index in [1.165, 1.54) is 10.4 Å². The first-order chi connectivity index (χ1) is 9.83. The zero-order chi connectivity index (χ0) is 15.6. The zero-order valence-electron chi connectivity index (χ0n) is 11.5. The summed E-state index contributed by atoms with van der Waals surface area (Å²) >= 11 is 3.20. The van der Waals surface area contributed by atoms with Gasteiger partial charge in [0.25, 0.3) is 5.69 Å². The summed E-state index contributed by atoms with van der Waals surface area (Å²) in [6.45, 7) is 3.06. The lowest BCUT2D eigenvalue weighted by molar-refractivity contribution is -0.384. The highest BCUT2D eigenvalue weighted by molar-refractivity contribution is 9.10. The van der Waals surface area contributed by atoms with Crippen molar-refractivity contribution >= 4 is 37.3 Å². The van der Waals surface area contributed by atoms with Crippen LogP contribution in [0.1, 0.15) is 6.92 Å². The maximum Gasteiger partial charge on any atom is 0.293 e. The fourth-order valence-corrected chi connectivity index (χ4v) is 3.71. The summed E-state index contributed by atoms with van der Waals surface area (Å²) in [5.41, 5.74) is 0.446. The fraction of sp³-hybridized carbons (Fsp3) is 0.500. The van der Waals surface area contributed by atoms with E-state index in [2.05, 4.69) is 21.2 Å². The van der Waals surface area contributed by atoms with Crippen LogP contribution in [0.4, 0.5) is 11.4 Å². The highest BCUT2D eigenvalue weighted by Gasteiger charge is 2.34. The largest absolute Gasteiger partial charge is 0.379 e. The number of benzene rings is 1. The van der Waals surface area contributed by atoms with Gasteiger partial charge in [0.1, 0.15) is 5.69 Å². The van der Waals surface area contributed by atoms with Gasteiger partial charge in [0.2, 0.25) is 10.0 Å². The third-order valence-electron chi connectivity index (χ3n) is 3.42. The van der Waals surface area contributed by atoms with E-state index in [1.54, 1.807) is 19.1 Å². The number of anilines is 1. The van der Waals surface area contributed by atoms with Crippen molar-refractivity contribution in [2.45, 2.75) is 6.92 Å². The van der Waals surface area contributed by atoms with Gasteiger partial charge in [0, 0.05) is 36.1 Å². The Morgan fingerprint density at radius 3 is 2.71 bits per heavy atom. The van der Waals surface area contributed by atoms with Gasteiger partial charge in [-0.2, -0.15) is 0 Å². The van der Waals surface area contributed by atoms with Crippen molar-refractivity contribution in [2.24, 2.45) is 5.92 Å². The number of hydrogen-bond acceptors (Lipinski definition) is 5. The first kappa shape index (κ1) is 16.2.